The molecule has 20 heavy (non-hydrogen) atoms. The predicted octanol–water partition coefficient (Wildman–Crippen LogP) is 4.53. The lowest BCUT2D eigenvalue weighted by Crippen LogP contribution is -2.39. The largest absolute Gasteiger partial charge is 0.413 e. The van der Waals surface area contributed by atoms with Crippen molar-refractivity contribution in [2.75, 3.05) is 5.33 Å². The molecular weight excluding hydrogens is 406 g/mol. The second-order valence-electron chi connectivity index (χ2n) is 4.40. The first-order valence-corrected chi connectivity index (χ1v) is 9.07. The monoisotopic (exact) mass is 423 g/mol. The first kappa shape index (κ1) is 17.9. The highest BCUT2D eigenvalue weighted by Crippen LogP contribution is 2.16. The minimum Gasteiger partial charge on any atom is -0.410 e. The van der Waals surface area contributed by atoms with Crippen LogP contribution in [0.1, 0.15) is 25.3 Å². The summed E-state index contributed by atoms with van der Waals surface area (Å²) in [5.74, 6) is 0.557. The molecule has 0 aliphatic heterocycles. The molecule has 0 fully saturated rings. The summed E-state index contributed by atoms with van der Waals surface area (Å²) in [5.41, 5.74) is 1.18. The van der Waals surface area contributed by atoms with Crippen LogP contribution < -0.4 is 10.1 Å². The summed E-state index contributed by atoms with van der Waals surface area (Å²) in [6.07, 6.45) is 2.78. The smallest absolute Gasteiger partial charge is 0.410 e. The van der Waals surface area contributed by atoms with Gasteiger partial charge in [0.15, 0.2) is 0 Å². The van der Waals surface area contributed by atoms with Crippen molar-refractivity contribution in [1.29, 1.82) is 0 Å². The Kier molecular flexibility index (Phi) is 8.64. The maximum absolute atomic E-state index is 11.8. The van der Waals surface area contributed by atoms with Gasteiger partial charge >= 0.3 is 6.09 Å². The molecule has 0 bridgehead atoms. The van der Waals surface area contributed by atoms with Gasteiger partial charge in [-0.25, -0.2) is 4.79 Å². The van der Waals surface area contributed by atoms with Crippen LogP contribution in [0.3, 0.4) is 0 Å². The van der Waals surface area contributed by atoms with Gasteiger partial charge in [0.05, 0.1) is 10.2 Å². The number of ether oxygens (including phenoxy) is 1. The van der Waals surface area contributed by atoms with Crippen LogP contribution in [-0.2, 0) is 6.42 Å². The number of carbonyl (C=O) groups excluding carboxylic acids is 1. The molecule has 1 amide bonds. The molecule has 0 heterocycles. The number of benzene rings is 1. The Hall–Kier alpha value is -0.200. The molecule has 1 aromatic rings. The highest BCUT2D eigenvalue weighted by molar-refractivity contribution is 9.12. The molecule has 1 N–H and O–H groups in total. The van der Waals surface area contributed by atoms with Gasteiger partial charge in [-0.05, 0) is 30.5 Å². The van der Waals surface area contributed by atoms with Crippen molar-refractivity contribution in [3.05, 3.63) is 29.8 Å². The Balaban J connectivity index is 2.53. The van der Waals surface area contributed by atoms with E-state index in [1.807, 2.05) is 18.2 Å². The van der Waals surface area contributed by atoms with Crippen molar-refractivity contribution in [2.45, 2.75) is 36.4 Å². The Morgan fingerprint density at radius 1 is 1.50 bits per heavy atom. The summed E-state index contributed by atoms with van der Waals surface area (Å²) in [6.45, 7) is 2.15. The van der Waals surface area contributed by atoms with Crippen molar-refractivity contribution in [3.8, 4) is 5.75 Å². The minimum absolute atomic E-state index is 0.0364. The fourth-order valence-electron chi connectivity index (χ4n) is 1.58. The molecule has 0 radical (unpaired) electrons. The van der Waals surface area contributed by atoms with E-state index in [0.717, 1.165) is 19.3 Å². The van der Waals surface area contributed by atoms with Gasteiger partial charge in [-0.2, -0.15) is 12.6 Å². The Bertz CT molecular complexity index is 431. The minimum atomic E-state index is -0.497. The first-order chi connectivity index (χ1) is 9.56. The lowest BCUT2D eigenvalue weighted by Gasteiger charge is -2.16. The maximum atomic E-state index is 11.8. The average Bonchev–Trinajstić information content (AvgIpc) is 2.44. The lowest BCUT2D eigenvalue weighted by molar-refractivity contribution is 0.199. The Morgan fingerprint density at radius 3 is 2.90 bits per heavy atom. The highest BCUT2D eigenvalue weighted by atomic mass is 79.9. The molecule has 0 aliphatic rings. The number of carbonyl (C=O) groups is 1. The van der Waals surface area contributed by atoms with Gasteiger partial charge in [0, 0.05) is 5.33 Å². The van der Waals surface area contributed by atoms with Crippen LogP contribution in [0.2, 0.25) is 0 Å². The molecule has 6 heteroatoms. The number of unbranched alkanes of at least 4 members (excludes halogenated alkanes) is 1. The Labute approximate surface area is 142 Å². The zero-order valence-electron chi connectivity index (χ0n) is 11.3. The number of thiol groups is 1. The van der Waals surface area contributed by atoms with Gasteiger partial charge in [-0.3, -0.25) is 0 Å². The van der Waals surface area contributed by atoms with Crippen molar-refractivity contribution in [1.82, 2.24) is 5.32 Å². The third kappa shape index (κ3) is 6.50. The zero-order chi connectivity index (χ0) is 15.0. The topological polar surface area (TPSA) is 38.3 Å². The van der Waals surface area contributed by atoms with Crippen LogP contribution in [-0.4, -0.2) is 21.6 Å². The number of halogens is 2. The fraction of sp³-hybridized carbons (Fsp3) is 0.500. The summed E-state index contributed by atoms with van der Waals surface area (Å²) in [5, 5.41) is 3.04. The number of rotatable bonds is 7. The molecule has 1 aromatic carbocycles. The normalized spacial score (nSPS) is 13.6. The molecule has 1 rings (SSSR count). The van der Waals surface area contributed by atoms with E-state index in [0.29, 0.717) is 11.1 Å². The van der Waals surface area contributed by atoms with E-state index in [-0.39, 0.29) is 10.2 Å². The molecule has 0 spiro atoms. The van der Waals surface area contributed by atoms with Crippen LogP contribution in [0.25, 0.3) is 0 Å². The Morgan fingerprint density at radius 2 is 2.25 bits per heavy atom. The summed E-state index contributed by atoms with van der Waals surface area (Å²) in [6, 6.07) is 7.62. The standard InChI is InChI=1S/C14H19Br2NO2S/c1-2-3-5-10-6-4-7-11(8-10)19-14(18)17-13(20)12(16)9-15/h4,6-8,12-13,20H,2-3,5,9H2,1H3,(H,17,18). The molecule has 0 aromatic heterocycles. The van der Waals surface area contributed by atoms with Crippen LogP contribution in [0.15, 0.2) is 24.3 Å². The van der Waals surface area contributed by atoms with Crippen LogP contribution in [0.4, 0.5) is 4.79 Å². The number of hydrogen-bond acceptors (Lipinski definition) is 3. The van der Waals surface area contributed by atoms with Crippen molar-refractivity contribution in [3.63, 3.8) is 0 Å². The van der Waals surface area contributed by atoms with E-state index < -0.39 is 6.09 Å². The van der Waals surface area contributed by atoms with Gasteiger partial charge in [0.25, 0.3) is 0 Å². The van der Waals surface area contributed by atoms with Gasteiger partial charge in [-0.1, -0.05) is 57.3 Å². The van der Waals surface area contributed by atoms with E-state index in [9.17, 15) is 4.79 Å². The van der Waals surface area contributed by atoms with Crippen molar-refractivity contribution >= 4 is 50.6 Å². The van der Waals surface area contributed by atoms with Gasteiger partial charge in [0.2, 0.25) is 0 Å². The molecule has 2 atom stereocenters. The SMILES string of the molecule is CCCCc1cccc(OC(=O)NC(S)C(Br)CBr)c1. The molecule has 112 valence electrons. The lowest BCUT2D eigenvalue weighted by atomic mass is 10.1. The zero-order valence-corrected chi connectivity index (χ0v) is 15.4. The molecule has 3 nitrogen and oxygen atoms in total. The second kappa shape index (κ2) is 9.68. The summed E-state index contributed by atoms with van der Waals surface area (Å²) in [4.78, 5) is 11.8. The fourth-order valence-corrected chi connectivity index (χ4v) is 2.58. The molecular formula is C14H19Br2NO2S. The van der Waals surface area contributed by atoms with Crippen molar-refractivity contribution in [2.24, 2.45) is 0 Å². The number of nitrogens with one attached hydrogen (secondary N) is 1. The summed E-state index contributed by atoms with van der Waals surface area (Å²) in [7, 11) is 0. The summed E-state index contributed by atoms with van der Waals surface area (Å²) >= 11 is 11.0. The second-order valence-corrected chi connectivity index (χ2v) is 6.78. The average molecular weight is 425 g/mol. The third-order valence-electron chi connectivity index (χ3n) is 2.68. The molecule has 0 saturated carbocycles. The van der Waals surface area contributed by atoms with Gasteiger partial charge < -0.3 is 10.1 Å². The van der Waals surface area contributed by atoms with Crippen molar-refractivity contribution < 1.29 is 9.53 Å². The number of hydrogen-bond donors (Lipinski definition) is 2. The number of amides is 1. The van der Waals surface area contributed by atoms with E-state index in [1.54, 1.807) is 6.07 Å². The third-order valence-corrected chi connectivity index (χ3v) is 6.00. The summed E-state index contributed by atoms with van der Waals surface area (Å²) < 4.78 is 5.27. The van der Waals surface area contributed by atoms with E-state index in [4.69, 9.17) is 4.74 Å². The number of alkyl halides is 2. The quantitative estimate of drug-likeness (QED) is 0.383. The van der Waals surface area contributed by atoms with Gasteiger partial charge in [0.1, 0.15) is 5.75 Å². The van der Waals surface area contributed by atoms with E-state index in [2.05, 4.69) is 56.7 Å². The first-order valence-electron chi connectivity index (χ1n) is 6.52. The molecule has 0 saturated heterocycles. The highest BCUT2D eigenvalue weighted by Gasteiger charge is 2.17. The van der Waals surface area contributed by atoms with E-state index in [1.165, 1.54) is 5.56 Å². The van der Waals surface area contributed by atoms with Crippen LogP contribution in [0.5, 0.6) is 5.75 Å². The van der Waals surface area contributed by atoms with Crippen LogP contribution in [0, 0.1) is 0 Å². The maximum Gasteiger partial charge on any atom is 0.413 e. The predicted molar refractivity (Wildman–Crippen MR) is 93.5 cm³/mol. The number of aryl methyl sites for hydroxylation is 1. The molecule has 2 unspecified atom stereocenters. The van der Waals surface area contributed by atoms with E-state index >= 15 is 0 Å². The molecule has 0 aliphatic carbocycles. The van der Waals surface area contributed by atoms with Gasteiger partial charge in [-0.15, -0.1) is 0 Å². The van der Waals surface area contributed by atoms with Crippen LogP contribution >= 0.6 is 44.5 Å².